The highest BCUT2D eigenvalue weighted by atomic mass is 32.2. The van der Waals surface area contributed by atoms with Crippen molar-refractivity contribution in [1.82, 2.24) is 10.2 Å². The van der Waals surface area contributed by atoms with Gasteiger partial charge in [0.25, 0.3) is 0 Å². The van der Waals surface area contributed by atoms with Gasteiger partial charge >= 0.3 is 5.97 Å². The maximum atomic E-state index is 12.3. The zero-order chi connectivity index (χ0) is 16.7. The number of carboxylic acid groups (broad SMARTS) is 1. The molecule has 1 saturated heterocycles. The summed E-state index contributed by atoms with van der Waals surface area (Å²) in [4.78, 5) is 37.1. The summed E-state index contributed by atoms with van der Waals surface area (Å²) in [6.45, 7) is 0.459. The number of nitrogens with two attached hydrogens (primary N) is 1. The van der Waals surface area contributed by atoms with Gasteiger partial charge in [0.15, 0.2) is 0 Å². The van der Waals surface area contributed by atoms with Crippen LogP contribution in [0.25, 0.3) is 0 Å². The number of hydrogen-bond donors (Lipinski definition) is 4. The molecule has 0 bridgehead atoms. The fourth-order valence-corrected chi connectivity index (χ4v) is 2.98. The average molecular weight is 349 g/mol. The Morgan fingerprint density at radius 2 is 2.18 bits per heavy atom. The summed E-state index contributed by atoms with van der Waals surface area (Å²) in [5, 5.41) is 11.7. The second-order valence-electron chi connectivity index (χ2n) is 5.16. The summed E-state index contributed by atoms with van der Waals surface area (Å²) in [7, 11) is 0. The van der Waals surface area contributed by atoms with E-state index in [0.29, 0.717) is 31.6 Å². The number of carbonyl (C=O) groups is 3. The van der Waals surface area contributed by atoms with Crippen molar-refractivity contribution in [2.45, 2.75) is 37.4 Å². The molecular formula is C13H23N3O4S2. The third-order valence-corrected chi connectivity index (χ3v) is 4.62. The Bertz CT molecular complexity index is 422. The lowest BCUT2D eigenvalue weighted by molar-refractivity contribution is -0.144. The lowest BCUT2D eigenvalue weighted by atomic mass is 10.1. The lowest BCUT2D eigenvalue weighted by Gasteiger charge is -2.27. The third-order valence-electron chi connectivity index (χ3n) is 3.58. The molecule has 1 aliphatic heterocycles. The summed E-state index contributed by atoms with van der Waals surface area (Å²) in [6, 6.07) is -2.32. The van der Waals surface area contributed by atoms with Gasteiger partial charge in [0.2, 0.25) is 11.8 Å². The van der Waals surface area contributed by atoms with E-state index in [1.165, 1.54) is 16.7 Å². The van der Waals surface area contributed by atoms with Gasteiger partial charge in [0.1, 0.15) is 12.1 Å². The van der Waals surface area contributed by atoms with Crippen LogP contribution in [0.15, 0.2) is 0 Å². The van der Waals surface area contributed by atoms with Gasteiger partial charge in [-0.2, -0.15) is 24.4 Å². The summed E-state index contributed by atoms with van der Waals surface area (Å²) in [5.74, 6) is -0.968. The number of hydrogen-bond acceptors (Lipinski definition) is 6. The quantitative estimate of drug-likeness (QED) is 0.442. The molecule has 0 unspecified atom stereocenters. The van der Waals surface area contributed by atoms with Gasteiger partial charge in [-0.1, -0.05) is 0 Å². The summed E-state index contributed by atoms with van der Waals surface area (Å²) >= 11 is 5.51. The highest BCUT2D eigenvalue weighted by molar-refractivity contribution is 7.98. The van der Waals surface area contributed by atoms with Crippen molar-refractivity contribution in [3.63, 3.8) is 0 Å². The number of thiol groups is 1. The molecule has 0 aromatic heterocycles. The molecule has 0 aromatic carbocycles. The second-order valence-corrected chi connectivity index (χ2v) is 6.51. The van der Waals surface area contributed by atoms with E-state index in [9.17, 15) is 14.4 Å². The normalized spacial score (nSPS) is 20.5. The molecule has 1 heterocycles. The van der Waals surface area contributed by atoms with Crippen molar-refractivity contribution in [2.24, 2.45) is 5.73 Å². The maximum absolute atomic E-state index is 12.3. The Balaban J connectivity index is 2.69. The second kappa shape index (κ2) is 9.26. The van der Waals surface area contributed by atoms with Crippen LogP contribution in [-0.4, -0.2) is 70.2 Å². The molecule has 1 aliphatic rings. The molecule has 0 saturated carbocycles. The number of nitrogens with one attached hydrogen (secondary N) is 1. The minimum atomic E-state index is -1.06. The number of rotatable bonds is 8. The molecule has 3 atom stereocenters. The fourth-order valence-electron chi connectivity index (χ4n) is 2.36. The van der Waals surface area contributed by atoms with Crippen molar-refractivity contribution in [2.75, 3.05) is 24.3 Å². The number of carbonyl (C=O) groups excluding carboxylic acids is 2. The molecular weight excluding hydrogens is 326 g/mol. The highest BCUT2D eigenvalue weighted by Crippen LogP contribution is 2.19. The van der Waals surface area contributed by atoms with Crippen LogP contribution in [-0.2, 0) is 14.4 Å². The van der Waals surface area contributed by atoms with Crippen LogP contribution < -0.4 is 11.1 Å². The van der Waals surface area contributed by atoms with E-state index < -0.39 is 30.0 Å². The maximum Gasteiger partial charge on any atom is 0.326 e. The van der Waals surface area contributed by atoms with Gasteiger partial charge in [0.05, 0.1) is 6.04 Å². The highest BCUT2D eigenvalue weighted by Gasteiger charge is 2.37. The van der Waals surface area contributed by atoms with Gasteiger partial charge in [-0.3, -0.25) is 9.59 Å². The van der Waals surface area contributed by atoms with E-state index in [4.69, 9.17) is 10.8 Å². The van der Waals surface area contributed by atoms with Crippen LogP contribution in [0.4, 0.5) is 0 Å². The summed E-state index contributed by atoms with van der Waals surface area (Å²) in [5.41, 5.74) is 5.68. The van der Waals surface area contributed by atoms with E-state index in [2.05, 4.69) is 17.9 Å². The first-order chi connectivity index (χ1) is 10.4. The molecule has 7 nitrogen and oxygen atoms in total. The minimum Gasteiger partial charge on any atom is -0.480 e. The van der Waals surface area contributed by atoms with Crippen molar-refractivity contribution in [3.05, 3.63) is 0 Å². The number of nitrogens with zero attached hydrogens (tertiary/aromatic N) is 1. The lowest BCUT2D eigenvalue weighted by Crippen LogP contribution is -2.54. The molecule has 1 fully saturated rings. The van der Waals surface area contributed by atoms with Crippen molar-refractivity contribution >= 4 is 42.2 Å². The van der Waals surface area contributed by atoms with Crippen molar-refractivity contribution < 1.29 is 19.5 Å². The molecule has 0 spiro atoms. The number of thioether (sulfide) groups is 1. The molecule has 22 heavy (non-hydrogen) atoms. The van der Waals surface area contributed by atoms with Crippen molar-refractivity contribution in [3.8, 4) is 0 Å². The molecule has 9 heteroatoms. The van der Waals surface area contributed by atoms with Crippen LogP contribution in [0.5, 0.6) is 0 Å². The van der Waals surface area contributed by atoms with Crippen LogP contribution in [0.3, 0.4) is 0 Å². The van der Waals surface area contributed by atoms with E-state index in [-0.39, 0.29) is 11.7 Å². The van der Waals surface area contributed by atoms with E-state index in [1.807, 2.05) is 6.26 Å². The van der Waals surface area contributed by atoms with Gasteiger partial charge < -0.3 is 21.1 Å². The third kappa shape index (κ3) is 5.06. The Labute approximate surface area is 139 Å². The Kier molecular flexibility index (Phi) is 8.05. The molecule has 0 aliphatic carbocycles. The molecule has 4 N–H and O–H groups in total. The van der Waals surface area contributed by atoms with Gasteiger partial charge in [-0.25, -0.2) is 4.79 Å². The first-order valence-electron chi connectivity index (χ1n) is 7.11. The Morgan fingerprint density at radius 3 is 2.73 bits per heavy atom. The van der Waals surface area contributed by atoms with Crippen LogP contribution in [0.2, 0.25) is 0 Å². The summed E-state index contributed by atoms with van der Waals surface area (Å²) < 4.78 is 0. The number of aliphatic carboxylic acids is 1. The van der Waals surface area contributed by atoms with E-state index in [0.717, 1.165) is 0 Å². The zero-order valence-corrected chi connectivity index (χ0v) is 14.2. The Hall–Kier alpha value is -0.930. The van der Waals surface area contributed by atoms with Crippen molar-refractivity contribution in [1.29, 1.82) is 0 Å². The van der Waals surface area contributed by atoms with Gasteiger partial charge in [-0.05, 0) is 31.3 Å². The molecule has 0 radical (unpaired) electrons. The predicted octanol–water partition coefficient (Wildman–Crippen LogP) is -0.443. The topological polar surface area (TPSA) is 113 Å². The molecule has 2 amide bonds. The van der Waals surface area contributed by atoms with Crippen LogP contribution in [0, 0.1) is 0 Å². The minimum absolute atomic E-state index is 0.204. The standard InChI is InChI=1S/C13H23N3O4S2/c1-22-6-4-9(13(19)20)15-11(17)10-3-2-5-16(10)12(18)8(14)7-21/h8-10,21H,2-7,14H2,1H3,(H,15,17)(H,19,20)/t8-,9-,10-/m0/s1. The predicted molar refractivity (Wildman–Crippen MR) is 89.1 cm³/mol. The van der Waals surface area contributed by atoms with E-state index >= 15 is 0 Å². The molecule has 126 valence electrons. The van der Waals surface area contributed by atoms with Gasteiger partial charge in [0, 0.05) is 12.3 Å². The first-order valence-corrected chi connectivity index (χ1v) is 9.14. The Morgan fingerprint density at radius 1 is 1.50 bits per heavy atom. The fraction of sp³-hybridized carbons (Fsp3) is 0.769. The largest absolute Gasteiger partial charge is 0.480 e. The summed E-state index contributed by atoms with van der Waals surface area (Å²) in [6.07, 6.45) is 3.44. The monoisotopic (exact) mass is 349 g/mol. The molecule has 1 rings (SSSR count). The number of likely N-dealkylation sites (tertiary alicyclic amines) is 1. The van der Waals surface area contributed by atoms with Crippen LogP contribution >= 0.6 is 24.4 Å². The number of carboxylic acids is 1. The zero-order valence-electron chi connectivity index (χ0n) is 12.5. The number of amides is 2. The van der Waals surface area contributed by atoms with Crippen LogP contribution in [0.1, 0.15) is 19.3 Å². The SMILES string of the molecule is CSCC[C@H](NC(=O)[C@@H]1CCCN1C(=O)[C@@H](N)CS)C(=O)O. The first kappa shape index (κ1) is 19.1. The van der Waals surface area contributed by atoms with E-state index in [1.54, 1.807) is 0 Å². The molecule has 0 aromatic rings. The van der Waals surface area contributed by atoms with Gasteiger partial charge in [-0.15, -0.1) is 0 Å². The smallest absolute Gasteiger partial charge is 0.326 e. The average Bonchev–Trinajstić information content (AvgIpc) is 2.98.